The molecule has 1 heterocycles. The van der Waals surface area contributed by atoms with Crippen molar-refractivity contribution in [3.8, 4) is 0 Å². The first kappa shape index (κ1) is 10.4. The third-order valence-electron chi connectivity index (χ3n) is 3.16. The molecule has 0 radical (unpaired) electrons. The Hall–Kier alpha value is -0.160. The highest BCUT2D eigenvalue weighted by molar-refractivity contribution is 4.98. The molecule has 0 bridgehead atoms. The average Bonchev–Trinajstić information content (AvgIpc) is 2.94. The van der Waals surface area contributed by atoms with Gasteiger partial charge in [0.1, 0.15) is 0 Å². The van der Waals surface area contributed by atoms with Gasteiger partial charge in [-0.3, -0.25) is 0 Å². The Balaban J connectivity index is 1.76. The number of aliphatic hydroxyl groups is 1. The van der Waals surface area contributed by atoms with Crippen molar-refractivity contribution in [1.82, 2.24) is 0 Å². The van der Waals surface area contributed by atoms with E-state index in [4.69, 9.17) is 15.2 Å². The van der Waals surface area contributed by atoms with Crippen molar-refractivity contribution < 1.29 is 14.6 Å². The van der Waals surface area contributed by atoms with Crippen molar-refractivity contribution in [3.05, 3.63) is 0 Å². The van der Waals surface area contributed by atoms with Gasteiger partial charge in [0.05, 0.1) is 31.5 Å². The van der Waals surface area contributed by atoms with Crippen LogP contribution in [0, 0.1) is 5.92 Å². The van der Waals surface area contributed by atoms with Gasteiger partial charge < -0.3 is 20.3 Å². The fourth-order valence-corrected chi connectivity index (χ4v) is 1.87. The summed E-state index contributed by atoms with van der Waals surface area (Å²) in [4.78, 5) is 0. The molecule has 2 aliphatic rings. The molecule has 1 aliphatic heterocycles. The molecule has 0 amide bonds. The van der Waals surface area contributed by atoms with Gasteiger partial charge >= 0.3 is 0 Å². The minimum absolute atomic E-state index is 0.0191. The zero-order chi connectivity index (χ0) is 10.0. The van der Waals surface area contributed by atoms with Gasteiger partial charge in [0, 0.05) is 6.61 Å². The van der Waals surface area contributed by atoms with Gasteiger partial charge in [-0.05, 0) is 25.2 Å². The third-order valence-corrected chi connectivity index (χ3v) is 3.16. The number of hydrogen-bond donors (Lipinski definition) is 2. The van der Waals surface area contributed by atoms with Crippen LogP contribution >= 0.6 is 0 Å². The smallest absolute Gasteiger partial charge is 0.0831 e. The van der Waals surface area contributed by atoms with E-state index in [1.54, 1.807) is 0 Å². The van der Waals surface area contributed by atoms with E-state index in [1.165, 1.54) is 0 Å². The highest BCUT2D eigenvalue weighted by Gasteiger charge is 2.42. The molecule has 4 heteroatoms. The SMILES string of the molecule is NC(CO)(COC1CCOC1)C1CC1. The van der Waals surface area contributed by atoms with Gasteiger partial charge in [-0.2, -0.15) is 0 Å². The molecule has 4 nitrogen and oxygen atoms in total. The fourth-order valence-electron chi connectivity index (χ4n) is 1.87. The highest BCUT2D eigenvalue weighted by Crippen LogP contribution is 2.38. The molecular weight excluding hydrogens is 182 g/mol. The number of nitrogens with two attached hydrogens (primary N) is 1. The number of rotatable bonds is 5. The van der Waals surface area contributed by atoms with Gasteiger partial charge in [-0.15, -0.1) is 0 Å². The van der Waals surface area contributed by atoms with Gasteiger partial charge in [0.15, 0.2) is 0 Å². The molecule has 2 atom stereocenters. The van der Waals surface area contributed by atoms with Gasteiger partial charge in [0.25, 0.3) is 0 Å². The molecule has 2 unspecified atom stereocenters. The molecule has 1 saturated heterocycles. The first-order valence-electron chi connectivity index (χ1n) is 5.34. The molecule has 14 heavy (non-hydrogen) atoms. The summed E-state index contributed by atoms with van der Waals surface area (Å²) in [6.45, 7) is 1.93. The summed E-state index contributed by atoms with van der Waals surface area (Å²) in [6, 6.07) is 0. The van der Waals surface area contributed by atoms with E-state index in [9.17, 15) is 5.11 Å². The van der Waals surface area contributed by atoms with Crippen LogP contribution in [0.5, 0.6) is 0 Å². The number of ether oxygens (including phenoxy) is 2. The fraction of sp³-hybridized carbons (Fsp3) is 1.00. The Kier molecular flexibility index (Phi) is 3.07. The largest absolute Gasteiger partial charge is 0.394 e. The van der Waals surface area contributed by atoms with Crippen molar-refractivity contribution in [2.45, 2.75) is 30.9 Å². The van der Waals surface area contributed by atoms with Crippen molar-refractivity contribution in [2.24, 2.45) is 11.7 Å². The monoisotopic (exact) mass is 201 g/mol. The quantitative estimate of drug-likeness (QED) is 0.651. The molecule has 0 aromatic rings. The molecule has 2 rings (SSSR count). The molecule has 1 saturated carbocycles. The second-order valence-electron chi connectivity index (χ2n) is 4.46. The highest BCUT2D eigenvalue weighted by atomic mass is 16.5. The Labute approximate surface area is 84.4 Å². The lowest BCUT2D eigenvalue weighted by Crippen LogP contribution is -2.51. The Morgan fingerprint density at radius 3 is 2.71 bits per heavy atom. The lowest BCUT2D eigenvalue weighted by Gasteiger charge is -2.28. The molecule has 3 N–H and O–H groups in total. The minimum Gasteiger partial charge on any atom is -0.394 e. The van der Waals surface area contributed by atoms with E-state index in [1.807, 2.05) is 0 Å². The Bertz CT molecular complexity index is 190. The second-order valence-corrected chi connectivity index (χ2v) is 4.46. The summed E-state index contributed by atoms with van der Waals surface area (Å²) < 4.78 is 10.9. The van der Waals surface area contributed by atoms with E-state index in [2.05, 4.69) is 0 Å². The predicted octanol–water partition coefficient (Wildman–Crippen LogP) is -0.108. The maximum atomic E-state index is 9.23. The summed E-state index contributed by atoms with van der Waals surface area (Å²) in [5.74, 6) is 0.454. The molecule has 82 valence electrons. The second kappa shape index (κ2) is 4.14. The number of aliphatic hydroxyl groups excluding tert-OH is 1. The zero-order valence-corrected chi connectivity index (χ0v) is 8.45. The van der Waals surface area contributed by atoms with Crippen LogP contribution in [-0.4, -0.2) is 43.2 Å². The van der Waals surface area contributed by atoms with Crippen LogP contribution in [0.3, 0.4) is 0 Å². The van der Waals surface area contributed by atoms with Crippen molar-refractivity contribution >= 4 is 0 Å². The van der Waals surface area contributed by atoms with Gasteiger partial charge in [-0.1, -0.05) is 0 Å². The van der Waals surface area contributed by atoms with E-state index < -0.39 is 5.54 Å². The number of hydrogen-bond acceptors (Lipinski definition) is 4. The summed E-state index contributed by atoms with van der Waals surface area (Å²) in [5, 5.41) is 9.23. The molecule has 1 aliphatic carbocycles. The molecule has 0 aromatic carbocycles. The first-order chi connectivity index (χ1) is 6.74. The summed E-state index contributed by atoms with van der Waals surface area (Å²) in [5.41, 5.74) is 5.55. The third kappa shape index (κ3) is 2.25. The van der Waals surface area contributed by atoms with Gasteiger partial charge in [0.2, 0.25) is 0 Å². The first-order valence-corrected chi connectivity index (χ1v) is 5.34. The molecular formula is C10H19NO3. The average molecular weight is 201 g/mol. The standard InChI is InChI=1S/C10H19NO3/c11-10(6-12,8-1-2-8)7-14-9-3-4-13-5-9/h8-9,12H,1-7,11H2. The summed E-state index contributed by atoms with van der Waals surface area (Å²) in [6.07, 6.45) is 3.39. The maximum absolute atomic E-state index is 9.23. The lowest BCUT2D eigenvalue weighted by atomic mass is 9.97. The van der Waals surface area contributed by atoms with Crippen LogP contribution in [0.2, 0.25) is 0 Å². The maximum Gasteiger partial charge on any atom is 0.0831 e. The van der Waals surface area contributed by atoms with Crippen molar-refractivity contribution in [3.63, 3.8) is 0 Å². The van der Waals surface area contributed by atoms with Crippen LogP contribution in [0.15, 0.2) is 0 Å². The summed E-state index contributed by atoms with van der Waals surface area (Å²) >= 11 is 0. The van der Waals surface area contributed by atoms with E-state index in [0.29, 0.717) is 19.1 Å². The van der Waals surface area contributed by atoms with E-state index in [-0.39, 0.29) is 12.7 Å². The molecule has 0 spiro atoms. The van der Waals surface area contributed by atoms with E-state index in [0.717, 1.165) is 25.9 Å². The van der Waals surface area contributed by atoms with Gasteiger partial charge in [-0.25, -0.2) is 0 Å². The normalized spacial score (nSPS) is 31.7. The predicted molar refractivity (Wildman–Crippen MR) is 51.9 cm³/mol. The zero-order valence-electron chi connectivity index (χ0n) is 8.45. The van der Waals surface area contributed by atoms with Crippen LogP contribution in [0.25, 0.3) is 0 Å². The topological polar surface area (TPSA) is 64.7 Å². The lowest BCUT2D eigenvalue weighted by molar-refractivity contribution is -0.00729. The van der Waals surface area contributed by atoms with Crippen molar-refractivity contribution in [2.75, 3.05) is 26.4 Å². The van der Waals surface area contributed by atoms with Crippen LogP contribution in [-0.2, 0) is 9.47 Å². The van der Waals surface area contributed by atoms with Crippen LogP contribution in [0.1, 0.15) is 19.3 Å². The Morgan fingerprint density at radius 1 is 1.43 bits per heavy atom. The van der Waals surface area contributed by atoms with Crippen LogP contribution < -0.4 is 5.73 Å². The summed E-state index contributed by atoms with van der Waals surface area (Å²) in [7, 11) is 0. The Morgan fingerprint density at radius 2 is 2.21 bits per heavy atom. The molecule has 0 aromatic heterocycles. The minimum atomic E-state index is -0.511. The molecule has 2 fully saturated rings. The van der Waals surface area contributed by atoms with Crippen molar-refractivity contribution in [1.29, 1.82) is 0 Å². The van der Waals surface area contributed by atoms with E-state index >= 15 is 0 Å². The van der Waals surface area contributed by atoms with Crippen LogP contribution in [0.4, 0.5) is 0 Å².